The fourth-order valence-corrected chi connectivity index (χ4v) is 8.21. The van der Waals surface area contributed by atoms with E-state index in [9.17, 15) is 20.4 Å². The van der Waals surface area contributed by atoms with E-state index in [4.69, 9.17) is 4.74 Å². The third-order valence-electron chi connectivity index (χ3n) is 9.30. The number of epoxide rings is 1. The Morgan fingerprint density at radius 3 is 2.32 bits per heavy atom. The van der Waals surface area contributed by atoms with Crippen molar-refractivity contribution in [3.63, 3.8) is 0 Å². The topological polar surface area (TPSA) is 93.5 Å². The lowest BCUT2D eigenvalue weighted by Gasteiger charge is -2.50. The Morgan fingerprint density at radius 1 is 0.960 bits per heavy atom. The van der Waals surface area contributed by atoms with Gasteiger partial charge in [-0.1, -0.05) is 13.8 Å². The van der Waals surface area contributed by atoms with Crippen molar-refractivity contribution >= 4 is 0 Å². The van der Waals surface area contributed by atoms with Crippen molar-refractivity contribution in [2.24, 2.45) is 28.6 Å². The Morgan fingerprint density at radius 2 is 1.64 bits per heavy atom. The highest BCUT2D eigenvalue weighted by Crippen LogP contribution is 2.72. The van der Waals surface area contributed by atoms with Crippen LogP contribution in [0.4, 0.5) is 0 Å². The van der Waals surface area contributed by atoms with Crippen LogP contribution in [0.2, 0.25) is 0 Å². The molecule has 0 radical (unpaired) electrons. The molecule has 0 aromatic rings. The zero-order valence-corrected chi connectivity index (χ0v) is 15.7. The molecule has 25 heavy (non-hydrogen) atoms. The molecule has 5 heteroatoms. The van der Waals surface area contributed by atoms with Gasteiger partial charge in [0.25, 0.3) is 0 Å². The lowest BCUT2D eigenvalue weighted by molar-refractivity contribution is -0.221. The highest BCUT2D eigenvalue weighted by molar-refractivity contribution is 5.30. The molecule has 1 aliphatic heterocycles. The van der Waals surface area contributed by atoms with E-state index in [0.717, 1.165) is 19.3 Å². The monoisotopic (exact) mass is 352 g/mol. The van der Waals surface area contributed by atoms with E-state index in [1.165, 1.54) is 0 Å². The smallest absolute Gasteiger partial charge is 0.106 e. The molecular weight excluding hydrogens is 320 g/mol. The van der Waals surface area contributed by atoms with Crippen LogP contribution in [0.5, 0.6) is 0 Å². The average Bonchev–Trinajstić information content (AvgIpc) is 3.18. The van der Waals surface area contributed by atoms with Crippen molar-refractivity contribution in [2.75, 3.05) is 0 Å². The largest absolute Gasteiger partial charge is 0.390 e. The van der Waals surface area contributed by atoms with Crippen LogP contribution in [0.3, 0.4) is 0 Å². The molecular formula is C20H32O5. The number of ether oxygens (including phenoxy) is 1. The minimum absolute atomic E-state index is 0.0300. The van der Waals surface area contributed by atoms with Crippen molar-refractivity contribution in [1.29, 1.82) is 0 Å². The van der Waals surface area contributed by atoms with Crippen LogP contribution < -0.4 is 0 Å². The van der Waals surface area contributed by atoms with E-state index in [1.807, 2.05) is 27.7 Å². The molecule has 10 atom stereocenters. The van der Waals surface area contributed by atoms with Crippen LogP contribution in [0.1, 0.15) is 59.8 Å². The third-order valence-corrected chi connectivity index (χ3v) is 9.30. The first-order valence-corrected chi connectivity index (χ1v) is 9.89. The molecule has 5 fully saturated rings. The van der Waals surface area contributed by atoms with Crippen LogP contribution >= 0.6 is 0 Å². The predicted octanol–water partition coefficient (Wildman–Crippen LogP) is 1.21. The van der Waals surface area contributed by atoms with Crippen LogP contribution in [-0.2, 0) is 4.74 Å². The van der Waals surface area contributed by atoms with Gasteiger partial charge in [-0.2, -0.15) is 0 Å². The lowest BCUT2D eigenvalue weighted by Crippen LogP contribution is -2.62. The van der Waals surface area contributed by atoms with Gasteiger partial charge in [0.1, 0.15) is 5.60 Å². The summed E-state index contributed by atoms with van der Waals surface area (Å²) in [5.74, 6) is -0.295. The summed E-state index contributed by atoms with van der Waals surface area (Å²) in [6, 6.07) is 0. The summed E-state index contributed by atoms with van der Waals surface area (Å²) in [4.78, 5) is 0. The molecule has 4 saturated carbocycles. The summed E-state index contributed by atoms with van der Waals surface area (Å²) in [5.41, 5.74) is -4.14. The second kappa shape index (κ2) is 4.27. The van der Waals surface area contributed by atoms with Gasteiger partial charge in [0, 0.05) is 11.3 Å². The van der Waals surface area contributed by atoms with Gasteiger partial charge in [-0.15, -0.1) is 0 Å². The molecule has 0 amide bonds. The van der Waals surface area contributed by atoms with E-state index in [0.29, 0.717) is 12.8 Å². The minimum Gasteiger partial charge on any atom is -0.390 e. The van der Waals surface area contributed by atoms with Crippen LogP contribution in [-0.4, -0.2) is 55.5 Å². The summed E-state index contributed by atoms with van der Waals surface area (Å²) in [5, 5.41) is 45.7. The molecule has 4 aliphatic carbocycles. The zero-order chi connectivity index (χ0) is 18.2. The second-order valence-electron chi connectivity index (χ2n) is 10.9. The maximum atomic E-state index is 11.8. The average molecular weight is 352 g/mol. The molecule has 0 aromatic carbocycles. The zero-order valence-electron chi connectivity index (χ0n) is 15.7. The Balaban J connectivity index is 1.67. The molecule has 5 nitrogen and oxygen atoms in total. The fraction of sp³-hybridized carbons (Fsp3) is 1.00. The molecule has 0 unspecified atom stereocenters. The van der Waals surface area contributed by atoms with E-state index in [2.05, 4.69) is 0 Å². The molecule has 4 N–H and O–H groups in total. The summed E-state index contributed by atoms with van der Waals surface area (Å²) in [6.45, 7) is 7.66. The van der Waals surface area contributed by atoms with E-state index < -0.39 is 34.2 Å². The number of aliphatic hydroxyl groups excluding tert-OH is 1. The van der Waals surface area contributed by atoms with Gasteiger partial charge in [0.15, 0.2) is 0 Å². The van der Waals surface area contributed by atoms with Gasteiger partial charge >= 0.3 is 0 Å². The highest BCUT2D eigenvalue weighted by Gasteiger charge is 2.82. The van der Waals surface area contributed by atoms with E-state index in [-0.39, 0.29) is 29.5 Å². The van der Waals surface area contributed by atoms with Gasteiger partial charge in [-0.3, -0.25) is 0 Å². The summed E-state index contributed by atoms with van der Waals surface area (Å²) in [6.07, 6.45) is 2.43. The molecule has 0 aromatic heterocycles. The summed E-state index contributed by atoms with van der Waals surface area (Å²) in [7, 11) is 0. The third kappa shape index (κ3) is 1.69. The number of hydrogen-bond acceptors (Lipinski definition) is 5. The highest BCUT2D eigenvalue weighted by atomic mass is 16.6. The predicted molar refractivity (Wildman–Crippen MR) is 90.6 cm³/mol. The first-order valence-electron chi connectivity index (χ1n) is 9.89. The maximum Gasteiger partial charge on any atom is 0.106 e. The second-order valence-corrected chi connectivity index (χ2v) is 10.9. The van der Waals surface area contributed by atoms with Crippen LogP contribution in [0.15, 0.2) is 0 Å². The van der Waals surface area contributed by atoms with Gasteiger partial charge in [-0.25, -0.2) is 0 Å². The van der Waals surface area contributed by atoms with E-state index >= 15 is 0 Å². The molecule has 1 spiro atoms. The SMILES string of the molecule is CC1(C)[C@H]2O[C@H]2[C@H]2[C@](C)(O)[C@@H]3CC[C@@H]4C[C@@]3(C[C@@H](O)[C@@]21O)C[C@@]4(C)O. The Kier molecular flexibility index (Phi) is 2.90. The van der Waals surface area contributed by atoms with Crippen molar-refractivity contribution in [3.8, 4) is 0 Å². The molecule has 1 saturated heterocycles. The number of rotatable bonds is 0. The van der Waals surface area contributed by atoms with Gasteiger partial charge in [0.2, 0.25) is 0 Å². The van der Waals surface area contributed by atoms with Crippen LogP contribution in [0, 0.1) is 28.6 Å². The molecule has 5 rings (SSSR count). The number of aliphatic hydroxyl groups is 4. The minimum atomic E-state index is -1.36. The van der Waals surface area contributed by atoms with E-state index in [1.54, 1.807) is 0 Å². The fourth-order valence-electron chi connectivity index (χ4n) is 8.21. The lowest BCUT2D eigenvalue weighted by atomic mass is 9.58. The van der Waals surface area contributed by atoms with Gasteiger partial charge < -0.3 is 25.2 Å². The summed E-state index contributed by atoms with van der Waals surface area (Å²) < 4.78 is 5.86. The van der Waals surface area contributed by atoms with Gasteiger partial charge in [0.05, 0.1) is 29.5 Å². The molecule has 5 aliphatic rings. The molecule has 2 bridgehead atoms. The maximum absolute atomic E-state index is 11.8. The Bertz CT molecular complexity index is 628. The number of hydrogen-bond donors (Lipinski definition) is 4. The number of fused-ring (bicyclic) bond motifs is 4. The van der Waals surface area contributed by atoms with Crippen LogP contribution in [0.25, 0.3) is 0 Å². The first-order chi connectivity index (χ1) is 11.4. The van der Waals surface area contributed by atoms with Crippen molar-refractivity contribution < 1.29 is 25.2 Å². The van der Waals surface area contributed by atoms with Gasteiger partial charge in [-0.05, 0) is 63.2 Å². The normalized spacial score (nSPS) is 67.2. The Labute approximate surface area is 149 Å². The summed E-state index contributed by atoms with van der Waals surface area (Å²) >= 11 is 0. The molecule has 1 heterocycles. The standard InChI is InChI=1S/C20H32O5/c1-16(2)15-13(25-15)14-18(4,23)11-6-5-10-7-19(11,9-17(10,3)22)8-12(21)20(14,16)24/h10-15,21-24H,5-9H2,1-4H3/t10-,11+,12-,13+,14+,15+,17-,18-,19-,20-/m1/s1. The Hall–Kier alpha value is -0.200. The van der Waals surface area contributed by atoms with Crippen molar-refractivity contribution in [3.05, 3.63) is 0 Å². The van der Waals surface area contributed by atoms with Crippen molar-refractivity contribution in [1.82, 2.24) is 0 Å². The van der Waals surface area contributed by atoms with Crippen molar-refractivity contribution in [2.45, 2.75) is 94.9 Å². The quantitative estimate of drug-likeness (QED) is 0.492. The molecule has 142 valence electrons. The first kappa shape index (κ1) is 16.9.